The predicted molar refractivity (Wildman–Crippen MR) is 78.0 cm³/mol. The van der Waals surface area contributed by atoms with E-state index in [1.807, 2.05) is 19.2 Å². The molecule has 1 aliphatic heterocycles. The Morgan fingerprint density at radius 2 is 2.16 bits per heavy atom. The number of nitrogens with one attached hydrogen (secondary N) is 1. The molecular weight excluding hydrogens is 238 g/mol. The number of rotatable bonds is 3. The van der Waals surface area contributed by atoms with Crippen molar-refractivity contribution in [1.82, 2.24) is 10.3 Å². The number of aromatic nitrogens is 1. The molecule has 1 fully saturated rings. The third-order valence-corrected chi connectivity index (χ3v) is 3.43. The number of piperazine rings is 1. The van der Waals surface area contributed by atoms with Gasteiger partial charge in [-0.15, -0.1) is 0 Å². The summed E-state index contributed by atoms with van der Waals surface area (Å²) >= 11 is 0. The molecule has 0 saturated carbocycles. The molecular formula is C15H19N3O. The number of hydrogen-bond acceptors (Lipinski definition) is 4. The van der Waals surface area contributed by atoms with E-state index < -0.39 is 0 Å². The van der Waals surface area contributed by atoms with Crippen LogP contribution in [0.25, 0.3) is 10.9 Å². The van der Waals surface area contributed by atoms with E-state index in [9.17, 15) is 0 Å². The first kappa shape index (κ1) is 12.2. The van der Waals surface area contributed by atoms with Gasteiger partial charge in [-0.2, -0.15) is 0 Å². The second kappa shape index (κ2) is 5.45. The van der Waals surface area contributed by atoms with Gasteiger partial charge in [-0.3, -0.25) is 4.98 Å². The van der Waals surface area contributed by atoms with Gasteiger partial charge in [0.05, 0.1) is 17.8 Å². The average molecular weight is 257 g/mol. The number of pyridine rings is 1. The van der Waals surface area contributed by atoms with E-state index >= 15 is 0 Å². The molecule has 0 atom stereocenters. The van der Waals surface area contributed by atoms with E-state index in [-0.39, 0.29) is 0 Å². The smallest absolute Gasteiger partial charge is 0.122 e. The van der Waals surface area contributed by atoms with Gasteiger partial charge in [0.15, 0.2) is 0 Å². The number of nitrogens with zero attached hydrogens (tertiary/aromatic N) is 2. The van der Waals surface area contributed by atoms with Crippen LogP contribution in [0.2, 0.25) is 0 Å². The fraction of sp³-hybridized carbons (Fsp3) is 0.400. The van der Waals surface area contributed by atoms with Crippen molar-refractivity contribution >= 4 is 16.6 Å². The summed E-state index contributed by atoms with van der Waals surface area (Å²) in [6.45, 7) is 6.77. The van der Waals surface area contributed by atoms with Crippen LogP contribution in [-0.2, 0) is 0 Å². The SMILES string of the molecule is CCOc1cc(N2CCNCC2)c2ncccc2c1. The molecule has 0 unspecified atom stereocenters. The first-order chi connectivity index (χ1) is 9.38. The lowest BCUT2D eigenvalue weighted by Gasteiger charge is -2.30. The molecule has 3 rings (SSSR count). The third kappa shape index (κ3) is 2.49. The van der Waals surface area contributed by atoms with Gasteiger partial charge < -0.3 is 15.0 Å². The summed E-state index contributed by atoms with van der Waals surface area (Å²) in [5.74, 6) is 0.927. The van der Waals surface area contributed by atoms with Gasteiger partial charge in [0, 0.05) is 43.8 Å². The second-order valence-electron chi connectivity index (χ2n) is 4.69. The Bertz CT molecular complexity index is 564. The minimum atomic E-state index is 0.687. The van der Waals surface area contributed by atoms with Gasteiger partial charge in [-0.1, -0.05) is 6.07 Å². The van der Waals surface area contributed by atoms with Gasteiger partial charge in [-0.25, -0.2) is 0 Å². The molecule has 19 heavy (non-hydrogen) atoms. The zero-order valence-electron chi connectivity index (χ0n) is 11.2. The molecule has 0 bridgehead atoms. The van der Waals surface area contributed by atoms with Gasteiger partial charge >= 0.3 is 0 Å². The minimum absolute atomic E-state index is 0.687. The summed E-state index contributed by atoms with van der Waals surface area (Å²) in [7, 11) is 0. The van der Waals surface area contributed by atoms with E-state index in [0.29, 0.717) is 6.61 Å². The fourth-order valence-electron chi connectivity index (χ4n) is 2.54. The molecule has 0 amide bonds. The summed E-state index contributed by atoms with van der Waals surface area (Å²) in [5, 5.41) is 4.52. The number of hydrogen-bond donors (Lipinski definition) is 1. The summed E-state index contributed by atoms with van der Waals surface area (Å²) in [6.07, 6.45) is 1.86. The van der Waals surface area contributed by atoms with Crippen molar-refractivity contribution in [3.63, 3.8) is 0 Å². The number of anilines is 1. The molecule has 4 heteroatoms. The highest BCUT2D eigenvalue weighted by atomic mass is 16.5. The quantitative estimate of drug-likeness (QED) is 0.913. The zero-order chi connectivity index (χ0) is 13.1. The maximum absolute atomic E-state index is 5.68. The van der Waals surface area contributed by atoms with E-state index in [1.54, 1.807) is 0 Å². The topological polar surface area (TPSA) is 37.4 Å². The Hall–Kier alpha value is -1.81. The number of benzene rings is 1. The molecule has 0 radical (unpaired) electrons. The largest absolute Gasteiger partial charge is 0.494 e. The van der Waals surface area contributed by atoms with Crippen molar-refractivity contribution < 1.29 is 4.74 Å². The lowest BCUT2D eigenvalue weighted by Crippen LogP contribution is -2.43. The van der Waals surface area contributed by atoms with Crippen molar-refractivity contribution in [3.8, 4) is 5.75 Å². The molecule has 4 nitrogen and oxygen atoms in total. The minimum Gasteiger partial charge on any atom is -0.494 e. The number of ether oxygens (including phenoxy) is 1. The Balaban J connectivity index is 2.08. The van der Waals surface area contributed by atoms with Crippen LogP contribution in [0.4, 0.5) is 5.69 Å². The summed E-state index contributed by atoms with van der Waals surface area (Å²) in [4.78, 5) is 6.92. The molecule has 1 saturated heterocycles. The Labute approximate surface area is 113 Å². The highest BCUT2D eigenvalue weighted by Crippen LogP contribution is 2.30. The van der Waals surface area contributed by atoms with Crippen molar-refractivity contribution in [3.05, 3.63) is 30.5 Å². The Morgan fingerprint density at radius 3 is 2.95 bits per heavy atom. The van der Waals surface area contributed by atoms with Gasteiger partial charge in [-0.05, 0) is 19.1 Å². The lowest BCUT2D eigenvalue weighted by molar-refractivity contribution is 0.340. The molecule has 2 heterocycles. The Morgan fingerprint density at radius 1 is 1.32 bits per heavy atom. The van der Waals surface area contributed by atoms with Crippen LogP contribution >= 0.6 is 0 Å². The summed E-state index contributed by atoms with van der Waals surface area (Å²) in [6, 6.07) is 8.25. The standard InChI is InChI=1S/C15H19N3O/c1-2-19-13-10-12-4-3-5-17-15(12)14(11-13)18-8-6-16-7-9-18/h3-5,10-11,16H,2,6-9H2,1H3. The first-order valence-corrected chi connectivity index (χ1v) is 6.85. The normalized spacial score (nSPS) is 15.7. The van der Waals surface area contributed by atoms with Crippen LogP contribution < -0.4 is 15.0 Å². The van der Waals surface area contributed by atoms with Gasteiger partial charge in [0.2, 0.25) is 0 Å². The summed E-state index contributed by atoms with van der Waals surface area (Å²) < 4.78 is 5.68. The summed E-state index contributed by atoms with van der Waals surface area (Å²) in [5.41, 5.74) is 2.25. The van der Waals surface area contributed by atoms with Gasteiger partial charge in [0.1, 0.15) is 5.75 Å². The fourth-order valence-corrected chi connectivity index (χ4v) is 2.54. The third-order valence-electron chi connectivity index (χ3n) is 3.43. The maximum Gasteiger partial charge on any atom is 0.122 e. The van der Waals surface area contributed by atoms with Crippen molar-refractivity contribution in [1.29, 1.82) is 0 Å². The molecule has 0 spiro atoms. The van der Waals surface area contributed by atoms with Crippen LogP contribution in [0.15, 0.2) is 30.5 Å². The zero-order valence-corrected chi connectivity index (χ0v) is 11.2. The van der Waals surface area contributed by atoms with Crippen LogP contribution in [0, 0.1) is 0 Å². The Kier molecular flexibility index (Phi) is 3.51. The number of fused-ring (bicyclic) bond motifs is 1. The lowest BCUT2D eigenvalue weighted by atomic mass is 10.1. The van der Waals surface area contributed by atoms with Crippen LogP contribution in [0.3, 0.4) is 0 Å². The predicted octanol–water partition coefficient (Wildman–Crippen LogP) is 2.04. The van der Waals surface area contributed by atoms with Crippen LogP contribution in [0.1, 0.15) is 6.92 Å². The van der Waals surface area contributed by atoms with Crippen molar-refractivity contribution in [2.45, 2.75) is 6.92 Å². The average Bonchev–Trinajstić information content (AvgIpc) is 2.48. The molecule has 1 aromatic carbocycles. The molecule has 1 aromatic heterocycles. The molecule has 2 aromatic rings. The van der Waals surface area contributed by atoms with E-state index in [2.05, 4.69) is 33.4 Å². The highest BCUT2D eigenvalue weighted by Gasteiger charge is 2.15. The highest BCUT2D eigenvalue weighted by molar-refractivity contribution is 5.92. The first-order valence-electron chi connectivity index (χ1n) is 6.85. The van der Waals surface area contributed by atoms with Crippen molar-refractivity contribution in [2.75, 3.05) is 37.7 Å². The van der Waals surface area contributed by atoms with E-state index in [4.69, 9.17) is 4.74 Å². The maximum atomic E-state index is 5.68. The van der Waals surface area contributed by atoms with E-state index in [0.717, 1.165) is 42.8 Å². The second-order valence-corrected chi connectivity index (χ2v) is 4.69. The van der Waals surface area contributed by atoms with Gasteiger partial charge in [0.25, 0.3) is 0 Å². The molecule has 0 aliphatic carbocycles. The van der Waals surface area contributed by atoms with E-state index in [1.165, 1.54) is 5.69 Å². The molecule has 100 valence electrons. The monoisotopic (exact) mass is 257 g/mol. The van der Waals surface area contributed by atoms with Crippen molar-refractivity contribution in [2.24, 2.45) is 0 Å². The van der Waals surface area contributed by atoms with Crippen LogP contribution in [0.5, 0.6) is 5.75 Å². The van der Waals surface area contributed by atoms with Crippen LogP contribution in [-0.4, -0.2) is 37.8 Å². The molecule has 1 N–H and O–H groups in total. The molecule has 1 aliphatic rings.